The maximum absolute atomic E-state index is 12.1. The van der Waals surface area contributed by atoms with Gasteiger partial charge in [-0.05, 0) is 38.6 Å². The Bertz CT molecular complexity index is 413. The largest absolute Gasteiger partial charge is 0.378 e. The van der Waals surface area contributed by atoms with Crippen molar-refractivity contribution in [3.8, 4) is 0 Å². The van der Waals surface area contributed by atoms with Gasteiger partial charge in [0.1, 0.15) is 0 Å². The molecule has 4 heteroatoms. The number of nitrogens with one attached hydrogen (secondary N) is 2. The van der Waals surface area contributed by atoms with E-state index in [1.807, 2.05) is 64.0 Å². The summed E-state index contributed by atoms with van der Waals surface area (Å²) in [5.74, 6) is -0.0275. The molecule has 1 aromatic carbocycles. The monoisotopic (exact) mass is 249 g/mol. The van der Waals surface area contributed by atoms with Crippen molar-refractivity contribution in [2.75, 3.05) is 30.9 Å². The summed E-state index contributed by atoms with van der Waals surface area (Å²) in [6.45, 7) is 6.50. The van der Waals surface area contributed by atoms with Gasteiger partial charge in [-0.15, -0.1) is 0 Å². The summed E-state index contributed by atoms with van der Waals surface area (Å²) in [4.78, 5) is 14.1. The van der Waals surface area contributed by atoms with E-state index in [1.54, 1.807) is 0 Å². The van der Waals surface area contributed by atoms with Crippen molar-refractivity contribution in [1.29, 1.82) is 0 Å². The molecule has 0 saturated carbocycles. The topological polar surface area (TPSA) is 44.4 Å². The van der Waals surface area contributed by atoms with Gasteiger partial charge in [-0.25, -0.2) is 0 Å². The van der Waals surface area contributed by atoms with Crippen LogP contribution >= 0.6 is 0 Å². The molecule has 0 aliphatic heterocycles. The third-order valence-electron chi connectivity index (χ3n) is 2.81. The molecule has 1 aromatic rings. The number of nitrogens with zero attached hydrogens (tertiary/aromatic N) is 1. The average molecular weight is 249 g/mol. The summed E-state index contributed by atoms with van der Waals surface area (Å²) in [5, 5.41) is 6.09. The first-order valence-corrected chi connectivity index (χ1v) is 6.20. The van der Waals surface area contributed by atoms with Crippen LogP contribution in [-0.2, 0) is 4.79 Å². The maximum atomic E-state index is 12.1. The summed E-state index contributed by atoms with van der Waals surface area (Å²) in [6, 6.07) is 7.79. The first-order valence-electron chi connectivity index (χ1n) is 6.20. The normalized spacial score (nSPS) is 11.2. The van der Waals surface area contributed by atoms with Gasteiger partial charge in [0.05, 0.1) is 5.54 Å². The van der Waals surface area contributed by atoms with E-state index in [9.17, 15) is 4.79 Å². The molecule has 1 rings (SSSR count). The van der Waals surface area contributed by atoms with Crippen LogP contribution in [0.5, 0.6) is 0 Å². The lowest BCUT2D eigenvalue weighted by molar-refractivity contribution is -0.121. The first-order chi connectivity index (χ1) is 8.36. The molecule has 0 saturated heterocycles. The lowest BCUT2D eigenvalue weighted by Crippen LogP contribution is -2.49. The molecule has 2 N–H and O–H groups in total. The highest BCUT2D eigenvalue weighted by Crippen LogP contribution is 2.18. The molecule has 0 unspecified atom stereocenters. The molecule has 100 valence electrons. The van der Waals surface area contributed by atoms with Gasteiger partial charge in [0.15, 0.2) is 0 Å². The highest BCUT2D eigenvalue weighted by Gasteiger charge is 2.26. The number of likely N-dealkylation sites (N-methyl/N-ethyl adjacent to an activating group) is 1. The van der Waals surface area contributed by atoms with E-state index in [0.29, 0.717) is 0 Å². The molecule has 0 aliphatic rings. The molecule has 18 heavy (non-hydrogen) atoms. The van der Waals surface area contributed by atoms with Crippen LogP contribution in [0.25, 0.3) is 0 Å². The summed E-state index contributed by atoms with van der Waals surface area (Å²) in [6.07, 6.45) is 0. The zero-order chi connectivity index (χ0) is 13.8. The fourth-order valence-electron chi connectivity index (χ4n) is 1.67. The smallest absolute Gasteiger partial charge is 0.244 e. The number of benzene rings is 1. The van der Waals surface area contributed by atoms with Gasteiger partial charge in [0.2, 0.25) is 5.91 Å². The number of rotatable bonds is 5. The van der Waals surface area contributed by atoms with E-state index in [2.05, 4.69) is 10.6 Å². The van der Waals surface area contributed by atoms with Crippen molar-refractivity contribution in [3.63, 3.8) is 0 Å². The van der Waals surface area contributed by atoms with Crippen molar-refractivity contribution in [2.24, 2.45) is 0 Å². The molecule has 0 bridgehead atoms. The zero-order valence-corrected chi connectivity index (χ0v) is 11.9. The van der Waals surface area contributed by atoms with Gasteiger partial charge in [-0.3, -0.25) is 4.79 Å². The second-order valence-electron chi connectivity index (χ2n) is 5.05. The van der Waals surface area contributed by atoms with E-state index in [1.165, 1.54) is 0 Å². The van der Waals surface area contributed by atoms with Crippen molar-refractivity contribution >= 4 is 17.3 Å². The summed E-state index contributed by atoms with van der Waals surface area (Å²) in [5.41, 5.74) is 1.31. The van der Waals surface area contributed by atoms with Crippen LogP contribution in [0.3, 0.4) is 0 Å². The van der Waals surface area contributed by atoms with Gasteiger partial charge < -0.3 is 15.5 Å². The third kappa shape index (κ3) is 3.74. The van der Waals surface area contributed by atoms with Crippen molar-refractivity contribution in [3.05, 3.63) is 24.3 Å². The van der Waals surface area contributed by atoms with Crippen LogP contribution in [0.2, 0.25) is 0 Å². The van der Waals surface area contributed by atoms with Crippen LogP contribution < -0.4 is 15.5 Å². The Morgan fingerprint density at radius 1 is 1.33 bits per heavy atom. The molecule has 0 heterocycles. The Hall–Kier alpha value is -1.55. The van der Waals surface area contributed by atoms with Gasteiger partial charge in [0.25, 0.3) is 0 Å². The molecule has 0 aromatic heterocycles. The summed E-state index contributed by atoms with van der Waals surface area (Å²) >= 11 is 0. The lowest BCUT2D eigenvalue weighted by Gasteiger charge is -2.24. The highest BCUT2D eigenvalue weighted by molar-refractivity contribution is 5.97. The first kappa shape index (κ1) is 14.5. The molecule has 0 atom stereocenters. The number of hydrogen-bond acceptors (Lipinski definition) is 3. The van der Waals surface area contributed by atoms with E-state index in [0.717, 1.165) is 17.9 Å². The SMILES string of the molecule is CCNC(C)(C)C(=O)Nc1cccc(N(C)C)c1. The maximum Gasteiger partial charge on any atom is 0.244 e. The Balaban J connectivity index is 2.79. The summed E-state index contributed by atoms with van der Waals surface area (Å²) in [7, 11) is 3.95. The predicted octanol–water partition coefficient (Wildman–Crippen LogP) is 2.08. The van der Waals surface area contributed by atoms with Gasteiger partial charge in [0, 0.05) is 25.5 Å². The Kier molecular flexibility index (Phi) is 4.73. The van der Waals surface area contributed by atoms with Gasteiger partial charge >= 0.3 is 0 Å². The van der Waals surface area contributed by atoms with Crippen LogP contribution in [0, 0.1) is 0 Å². The number of amides is 1. The average Bonchev–Trinajstić information content (AvgIpc) is 2.29. The standard InChI is InChI=1S/C14H23N3O/c1-6-15-14(2,3)13(18)16-11-8-7-9-12(10-11)17(4)5/h7-10,15H,6H2,1-5H3,(H,16,18). The Morgan fingerprint density at radius 3 is 2.56 bits per heavy atom. The van der Waals surface area contributed by atoms with E-state index < -0.39 is 5.54 Å². The predicted molar refractivity (Wildman–Crippen MR) is 77.2 cm³/mol. The minimum Gasteiger partial charge on any atom is -0.378 e. The van der Waals surface area contributed by atoms with E-state index in [4.69, 9.17) is 0 Å². The fourth-order valence-corrected chi connectivity index (χ4v) is 1.67. The second kappa shape index (κ2) is 5.87. The molecule has 0 aliphatic carbocycles. The molecular weight excluding hydrogens is 226 g/mol. The van der Waals surface area contributed by atoms with Crippen molar-refractivity contribution in [1.82, 2.24) is 5.32 Å². The number of carbonyl (C=O) groups is 1. The Morgan fingerprint density at radius 2 is 2.00 bits per heavy atom. The molecule has 0 fully saturated rings. The number of carbonyl (C=O) groups excluding carboxylic acids is 1. The van der Waals surface area contributed by atoms with Crippen LogP contribution in [-0.4, -0.2) is 32.1 Å². The summed E-state index contributed by atoms with van der Waals surface area (Å²) < 4.78 is 0. The third-order valence-corrected chi connectivity index (χ3v) is 2.81. The number of anilines is 2. The van der Waals surface area contributed by atoms with Crippen LogP contribution in [0.1, 0.15) is 20.8 Å². The van der Waals surface area contributed by atoms with Crippen molar-refractivity contribution in [2.45, 2.75) is 26.3 Å². The van der Waals surface area contributed by atoms with Gasteiger partial charge in [-0.1, -0.05) is 13.0 Å². The highest BCUT2D eigenvalue weighted by atomic mass is 16.2. The zero-order valence-electron chi connectivity index (χ0n) is 11.9. The van der Waals surface area contributed by atoms with Crippen molar-refractivity contribution < 1.29 is 4.79 Å². The molecule has 1 amide bonds. The molecule has 4 nitrogen and oxygen atoms in total. The van der Waals surface area contributed by atoms with Crippen LogP contribution in [0.15, 0.2) is 24.3 Å². The Labute approximate surface area is 109 Å². The lowest BCUT2D eigenvalue weighted by atomic mass is 10.0. The molecule has 0 spiro atoms. The number of hydrogen-bond donors (Lipinski definition) is 2. The molecule has 0 radical (unpaired) electrons. The van der Waals surface area contributed by atoms with Crippen LogP contribution in [0.4, 0.5) is 11.4 Å². The minimum atomic E-state index is -0.567. The second-order valence-corrected chi connectivity index (χ2v) is 5.05. The minimum absolute atomic E-state index is 0.0275. The fraction of sp³-hybridized carbons (Fsp3) is 0.500. The quantitative estimate of drug-likeness (QED) is 0.839. The van der Waals surface area contributed by atoms with E-state index >= 15 is 0 Å². The van der Waals surface area contributed by atoms with E-state index in [-0.39, 0.29) is 5.91 Å². The van der Waals surface area contributed by atoms with Gasteiger partial charge in [-0.2, -0.15) is 0 Å². The molecular formula is C14H23N3O.